The van der Waals surface area contributed by atoms with Crippen LogP contribution in [-0.4, -0.2) is 36.4 Å². The number of nitrogens with zero attached hydrogens (tertiary/aromatic N) is 2. The van der Waals surface area contributed by atoms with Crippen LogP contribution in [0, 0.1) is 11.3 Å². The zero-order chi connectivity index (χ0) is 17.1. The van der Waals surface area contributed by atoms with Crippen molar-refractivity contribution >= 4 is 32.6 Å². The van der Waals surface area contributed by atoms with Gasteiger partial charge in [-0.1, -0.05) is 0 Å². The molecule has 0 bridgehead atoms. The maximum Gasteiger partial charge on any atom is 0.387 e. The molecule has 0 amide bonds. The molecule has 0 atom stereocenters. The standard InChI is InChI=1S/C15H12BrF2N3O2/c1-21(2)7-9(6-19)14(22)12-3-8-4-13(23-15(17)18)10(16)5-11(8)20-12/h3-5,7,15,20H,1-2H3. The smallest absolute Gasteiger partial charge is 0.387 e. The van der Waals surface area contributed by atoms with E-state index in [9.17, 15) is 13.6 Å². The molecule has 1 aromatic carbocycles. The summed E-state index contributed by atoms with van der Waals surface area (Å²) < 4.78 is 29.4. The van der Waals surface area contributed by atoms with E-state index in [1.54, 1.807) is 19.0 Å². The van der Waals surface area contributed by atoms with E-state index in [-0.39, 0.29) is 17.0 Å². The van der Waals surface area contributed by atoms with Crippen molar-refractivity contribution in [2.45, 2.75) is 6.61 Å². The molecule has 2 aromatic rings. The first-order valence-corrected chi connectivity index (χ1v) is 7.21. The molecule has 8 heteroatoms. The second kappa shape index (κ2) is 6.79. The molecule has 0 aliphatic rings. The Kier molecular flexibility index (Phi) is 5.01. The number of rotatable bonds is 5. The number of ether oxygens (including phenoxy) is 1. The summed E-state index contributed by atoms with van der Waals surface area (Å²) in [4.78, 5) is 16.8. The number of fused-ring (bicyclic) bond motifs is 1. The van der Waals surface area contributed by atoms with Crippen LogP contribution in [0.1, 0.15) is 10.5 Å². The maximum atomic E-state index is 12.4. The van der Waals surface area contributed by atoms with Gasteiger partial charge in [0.25, 0.3) is 0 Å². The number of carbonyl (C=O) groups excluding carboxylic acids is 1. The summed E-state index contributed by atoms with van der Waals surface area (Å²) in [6.07, 6.45) is 1.41. The van der Waals surface area contributed by atoms with Crippen LogP contribution >= 0.6 is 15.9 Å². The Hall–Kier alpha value is -2.40. The Balaban J connectivity index is 2.44. The number of hydrogen-bond donors (Lipinski definition) is 1. The zero-order valence-electron chi connectivity index (χ0n) is 12.2. The molecule has 0 unspecified atom stereocenters. The van der Waals surface area contributed by atoms with Crippen LogP contribution in [0.15, 0.2) is 34.4 Å². The van der Waals surface area contributed by atoms with Crippen LogP contribution < -0.4 is 4.74 Å². The van der Waals surface area contributed by atoms with Gasteiger partial charge in [-0.25, -0.2) is 0 Å². The van der Waals surface area contributed by atoms with Crippen molar-refractivity contribution in [2.24, 2.45) is 0 Å². The van der Waals surface area contributed by atoms with Crippen molar-refractivity contribution in [2.75, 3.05) is 14.1 Å². The van der Waals surface area contributed by atoms with E-state index in [2.05, 4.69) is 25.7 Å². The van der Waals surface area contributed by atoms with Gasteiger partial charge in [-0.15, -0.1) is 0 Å². The van der Waals surface area contributed by atoms with E-state index in [1.807, 2.05) is 6.07 Å². The number of hydrogen-bond acceptors (Lipinski definition) is 4. The first-order valence-electron chi connectivity index (χ1n) is 6.42. The molecule has 5 nitrogen and oxygen atoms in total. The van der Waals surface area contributed by atoms with Crippen molar-refractivity contribution in [3.05, 3.63) is 40.1 Å². The van der Waals surface area contributed by atoms with Crippen LogP contribution in [0.4, 0.5) is 8.78 Å². The van der Waals surface area contributed by atoms with Gasteiger partial charge in [0.1, 0.15) is 17.4 Å². The maximum absolute atomic E-state index is 12.4. The SMILES string of the molecule is CN(C)C=C(C#N)C(=O)c1cc2cc(OC(F)F)c(Br)cc2[nH]1. The van der Waals surface area contributed by atoms with Gasteiger partial charge in [-0.05, 0) is 34.1 Å². The summed E-state index contributed by atoms with van der Waals surface area (Å²) in [6.45, 7) is -2.95. The van der Waals surface area contributed by atoms with E-state index in [0.29, 0.717) is 15.4 Å². The molecule has 0 saturated heterocycles. The van der Waals surface area contributed by atoms with Gasteiger partial charge >= 0.3 is 6.61 Å². The molecule has 0 aliphatic heterocycles. The number of benzene rings is 1. The molecule has 1 N–H and O–H groups in total. The second-order valence-corrected chi connectivity index (χ2v) is 5.73. The molecule has 0 fully saturated rings. The predicted octanol–water partition coefficient (Wildman–Crippen LogP) is 3.68. The highest BCUT2D eigenvalue weighted by atomic mass is 79.9. The number of alkyl halides is 2. The summed E-state index contributed by atoms with van der Waals surface area (Å²) in [5.74, 6) is -0.514. The third-order valence-electron chi connectivity index (χ3n) is 2.89. The molecule has 0 saturated carbocycles. The molecule has 2 rings (SSSR count). The Morgan fingerprint density at radius 2 is 2.13 bits per heavy atom. The number of H-pyrrole nitrogens is 1. The zero-order valence-corrected chi connectivity index (χ0v) is 13.8. The first kappa shape index (κ1) is 17.0. The topological polar surface area (TPSA) is 69.1 Å². The number of halogens is 3. The third kappa shape index (κ3) is 3.87. The highest BCUT2D eigenvalue weighted by molar-refractivity contribution is 9.10. The van der Waals surface area contributed by atoms with Crippen molar-refractivity contribution in [3.63, 3.8) is 0 Å². The van der Waals surface area contributed by atoms with Gasteiger partial charge < -0.3 is 14.6 Å². The van der Waals surface area contributed by atoms with Crippen molar-refractivity contribution in [1.82, 2.24) is 9.88 Å². The lowest BCUT2D eigenvalue weighted by Crippen LogP contribution is -2.09. The predicted molar refractivity (Wildman–Crippen MR) is 84.3 cm³/mol. The lowest BCUT2D eigenvalue weighted by atomic mass is 10.1. The number of carbonyl (C=O) groups is 1. The molecule has 1 aromatic heterocycles. The summed E-state index contributed by atoms with van der Waals surface area (Å²) in [6, 6.07) is 6.25. The van der Waals surface area contributed by atoms with Crippen LogP contribution in [0.2, 0.25) is 0 Å². The Morgan fingerprint density at radius 1 is 1.43 bits per heavy atom. The van der Waals surface area contributed by atoms with E-state index < -0.39 is 12.4 Å². The minimum absolute atomic E-state index is 0.0326. The normalized spacial score (nSPS) is 11.6. The fourth-order valence-corrected chi connectivity index (χ4v) is 2.42. The minimum Gasteiger partial charge on any atom is -0.434 e. The molecule has 0 aliphatic carbocycles. The average Bonchev–Trinajstić information content (AvgIpc) is 2.86. The first-order chi connectivity index (χ1) is 10.8. The molecule has 120 valence electrons. The minimum atomic E-state index is -2.95. The fraction of sp³-hybridized carbons (Fsp3) is 0.200. The number of ketones is 1. The number of Topliss-reactive ketones (excluding diaryl/α,β-unsaturated/α-hetero) is 1. The highest BCUT2D eigenvalue weighted by Gasteiger charge is 2.17. The van der Waals surface area contributed by atoms with Crippen LogP contribution in [0.5, 0.6) is 5.75 Å². The van der Waals surface area contributed by atoms with Gasteiger partial charge in [0, 0.05) is 31.2 Å². The molecule has 23 heavy (non-hydrogen) atoms. The number of nitriles is 1. The monoisotopic (exact) mass is 383 g/mol. The van der Waals surface area contributed by atoms with E-state index in [1.165, 1.54) is 24.4 Å². The van der Waals surface area contributed by atoms with E-state index in [0.717, 1.165) is 0 Å². The van der Waals surface area contributed by atoms with E-state index >= 15 is 0 Å². The van der Waals surface area contributed by atoms with Gasteiger partial charge in [-0.2, -0.15) is 14.0 Å². The van der Waals surface area contributed by atoms with Gasteiger partial charge in [0.15, 0.2) is 0 Å². The number of allylic oxidation sites excluding steroid dienone is 1. The Morgan fingerprint density at radius 3 is 2.70 bits per heavy atom. The van der Waals surface area contributed by atoms with Gasteiger partial charge in [0.2, 0.25) is 5.78 Å². The molecule has 1 heterocycles. The fourth-order valence-electron chi connectivity index (χ4n) is 1.98. The quantitative estimate of drug-likeness (QED) is 0.485. The highest BCUT2D eigenvalue weighted by Crippen LogP contribution is 2.32. The summed E-state index contributed by atoms with van der Waals surface area (Å²) in [5, 5.41) is 9.60. The second-order valence-electron chi connectivity index (χ2n) is 4.88. The molecular weight excluding hydrogens is 372 g/mol. The summed E-state index contributed by atoms with van der Waals surface area (Å²) >= 11 is 3.13. The lowest BCUT2D eigenvalue weighted by Gasteiger charge is -2.06. The number of nitrogens with one attached hydrogen (secondary N) is 1. The Bertz CT molecular complexity index is 822. The van der Waals surface area contributed by atoms with Crippen molar-refractivity contribution in [1.29, 1.82) is 5.26 Å². The molecule has 0 radical (unpaired) electrons. The molecule has 0 spiro atoms. The van der Waals surface area contributed by atoms with Gasteiger partial charge in [0.05, 0.1) is 10.2 Å². The van der Waals surface area contributed by atoms with Crippen LogP contribution in [-0.2, 0) is 0 Å². The van der Waals surface area contributed by atoms with Crippen molar-refractivity contribution in [3.8, 4) is 11.8 Å². The van der Waals surface area contributed by atoms with E-state index in [4.69, 9.17) is 5.26 Å². The third-order valence-corrected chi connectivity index (χ3v) is 3.51. The summed E-state index contributed by atoms with van der Waals surface area (Å²) in [5.41, 5.74) is 0.712. The van der Waals surface area contributed by atoms with Crippen LogP contribution in [0.3, 0.4) is 0 Å². The largest absolute Gasteiger partial charge is 0.434 e. The summed E-state index contributed by atoms with van der Waals surface area (Å²) in [7, 11) is 3.39. The Labute approximate surface area is 139 Å². The lowest BCUT2D eigenvalue weighted by molar-refractivity contribution is -0.0502. The van der Waals surface area contributed by atoms with Crippen LogP contribution in [0.25, 0.3) is 10.9 Å². The molecular formula is C15H12BrF2N3O2. The number of aromatic amines is 1. The number of aromatic nitrogens is 1. The van der Waals surface area contributed by atoms with Crippen molar-refractivity contribution < 1.29 is 18.3 Å². The average molecular weight is 384 g/mol. The van der Waals surface area contributed by atoms with Gasteiger partial charge in [-0.3, -0.25) is 4.79 Å².